The number of amides is 4. The van der Waals surface area contributed by atoms with E-state index in [1.54, 1.807) is 0 Å². The van der Waals surface area contributed by atoms with Crippen molar-refractivity contribution in [2.24, 2.45) is 5.92 Å². The highest BCUT2D eigenvalue weighted by Gasteiger charge is 2.55. The molecule has 3 N–H and O–H groups in total. The highest BCUT2D eigenvalue weighted by Crippen LogP contribution is 2.38. The van der Waals surface area contributed by atoms with Crippen molar-refractivity contribution in [1.82, 2.24) is 20.5 Å². The van der Waals surface area contributed by atoms with Crippen LogP contribution in [0.25, 0.3) is 10.9 Å². The Hall–Kier alpha value is -2.83. The van der Waals surface area contributed by atoms with Gasteiger partial charge in [0.05, 0.1) is 0 Å². The second-order valence-electron chi connectivity index (χ2n) is 7.90. The number of benzene rings is 1. The van der Waals surface area contributed by atoms with Gasteiger partial charge in [0.15, 0.2) is 0 Å². The molecule has 1 aliphatic carbocycles. The molecule has 7 heteroatoms. The second-order valence-corrected chi connectivity index (χ2v) is 7.90. The van der Waals surface area contributed by atoms with Gasteiger partial charge in [0, 0.05) is 23.6 Å². The fourth-order valence-electron chi connectivity index (χ4n) is 4.51. The molecule has 1 aromatic heterocycles. The molecule has 2 aromatic rings. The molecule has 0 radical (unpaired) electrons. The number of hydrogen-bond donors (Lipinski definition) is 3. The van der Waals surface area contributed by atoms with Crippen molar-refractivity contribution in [3.05, 3.63) is 36.0 Å². The fraction of sp³-hybridized carbons (Fsp3) is 0.476. The third kappa shape index (κ3) is 3.15. The van der Waals surface area contributed by atoms with Crippen LogP contribution in [0.1, 0.15) is 38.2 Å². The number of carbonyl (C=O) groups excluding carboxylic acids is 3. The Bertz CT molecular complexity index is 921. The first kappa shape index (κ1) is 18.5. The third-order valence-corrected chi connectivity index (χ3v) is 6.19. The van der Waals surface area contributed by atoms with Crippen LogP contribution in [0, 0.1) is 5.92 Å². The summed E-state index contributed by atoms with van der Waals surface area (Å²) in [6.07, 6.45) is 6.18. The predicted octanol–water partition coefficient (Wildman–Crippen LogP) is 2.33. The third-order valence-electron chi connectivity index (χ3n) is 6.19. The Morgan fingerprint density at radius 1 is 1.29 bits per heavy atom. The van der Waals surface area contributed by atoms with E-state index in [0.717, 1.165) is 40.6 Å². The van der Waals surface area contributed by atoms with Crippen molar-refractivity contribution in [3.63, 3.8) is 0 Å². The summed E-state index contributed by atoms with van der Waals surface area (Å²) >= 11 is 0. The highest BCUT2D eigenvalue weighted by atomic mass is 16.2. The Morgan fingerprint density at radius 2 is 2.11 bits per heavy atom. The van der Waals surface area contributed by atoms with Crippen LogP contribution >= 0.6 is 0 Å². The number of rotatable bonds is 5. The number of nitrogens with zero attached hydrogens (tertiary/aromatic N) is 1. The molecule has 0 bridgehead atoms. The largest absolute Gasteiger partial charge is 0.361 e. The molecule has 2 aliphatic rings. The first-order valence-electron chi connectivity index (χ1n) is 9.97. The van der Waals surface area contributed by atoms with Crippen molar-refractivity contribution < 1.29 is 14.4 Å². The molecule has 1 saturated carbocycles. The van der Waals surface area contributed by atoms with Crippen LogP contribution in [0.4, 0.5) is 4.79 Å². The zero-order valence-electron chi connectivity index (χ0n) is 16.1. The maximum atomic E-state index is 12.9. The molecule has 4 rings (SSSR count). The summed E-state index contributed by atoms with van der Waals surface area (Å²) in [4.78, 5) is 41.9. The van der Waals surface area contributed by atoms with Gasteiger partial charge in [-0.15, -0.1) is 0 Å². The lowest BCUT2D eigenvalue weighted by atomic mass is 9.73. The topological polar surface area (TPSA) is 94.3 Å². The fourth-order valence-corrected chi connectivity index (χ4v) is 4.51. The number of urea groups is 1. The maximum absolute atomic E-state index is 12.9. The molecule has 28 heavy (non-hydrogen) atoms. The second kappa shape index (κ2) is 7.30. The van der Waals surface area contributed by atoms with Gasteiger partial charge in [0.2, 0.25) is 5.91 Å². The zero-order valence-corrected chi connectivity index (χ0v) is 16.1. The molecule has 1 spiro atoms. The lowest BCUT2D eigenvalue weighted by Gasteiger charge is -2.36. The zero-order chi connectivity index (χ0) is 19.7. The number of para-hydroxylation sites is 1. The average Bonchev–Trinajstić information content (AvgIpc) is 3.20. The van der Waals surface area contributed by atoms with E-state index in [0.29, 0.717) is 19.4 Å². The molecule has 1 aliphatic heterocycles. The van der Waals surface area contributed by atoms with Gasteiger partial charge < -0.3 is 15.6 Å². The number of fused-ring (bicyclic) bond motifs is 1. The quantitative estimate of drug-likeness (QED) is 0.693. The van der Waals surface area contributed by atoms with Crippen LogP contribution in [0.5, 0.6) is 0 Å². The van der Waals surface area contributed by atoms with Gasteiger partial charge >= 0.3 is 6.03 Å². The number of H-pyrrole nitrogens is 1. The maximum Gasteiger partial charge on any atom is 0.325 e. The minimum Gasteiger partial charge on any atom is -0.361 e. The van der Waals surface area contributed by atoms with Gasteiger partial charge in [-0.25, -0.2) is 4.79 Å². The number of aromatic amines is 1. The molecule has 7 nitrogen and oxygen atoms in total. The van der Waals surface area contributed by atoms with Gasteiger partial charge in [0.25, 0.3) is 5.91 Å². The lowest BCUT2D eigenvalue weighted by Crippen LogP contribution is -2.54. The van der Waals surface area contributed by atoms with Crippen LogP contribution in [0.2, 0.25) is 0 Å². The summed E-state index contributed by atoms with van der Waals surface area (Å²) in [7, 11) is 0. The van der Waals surface area contributed by atoms with E-state index >= 15 is 0 Å². The standard InChI is InChI=1S/C21H26N4O3/c1-14-6-4-5-10-21(14)19(27)25(20(28)24-21)13-18(26)22-11-9-15-12-23-17-8-3-2-7-16(15)17/h2-3,7-8,12,14,23H,4-6,9-11,13H2,1H3,(H,22,26)(H,24,28)/t14-,21+/m1/s1. The summed E-state index contributed by atoms with van der Waals surface area (Å²) in [5.74, 6) is -0.479. The van der Waals surface area contributed by atoms with Gasteiger partial charge in [-0.1, -0.05) is 38.0 Å². The van der Waals surface area contributed by atoms with Crippen molar-refractivity contribution in [3.8, 4) is 0 Å². The minimum atomic E-state index is -0.820. The number of hydrogen-bond acceptors (Lipinski definition) is 3. The molecule has 0 unspecified atom stereocenters. The number of imide groups is 1. The van der Waals surface area contributed by atoms with Gasteiger partial charge in [-0.3, -0.25) is 14.5 Å². The predicted molar refractivity (Wildman–Crippen MR) is 106 cm³/mol. The van der Waals surface area contributed by atoms with E-state index in [9.17, 15) is 14.4 Å². The minimum absolute atomic E-state index is 0.0904. The Kier molecular flexibility index (Phi) is 4.83. The summed E-state index contributed by atoms with van der Waals surface area (Å²) in [6, 6.07) is 7.56. The highest BCUT2D eigenvalue weighted by molar-refractivity contribution is 6.09. The number of nitrogens with one attached hydrogen (secondary N) is 3. The van der Waals surface area contributed by atoms with Crippen LogP contribution in [0.15, 0.2) is 30.5 Å². The molecule has 1 aromatic carbocycles. The van der Waals surface area contributed by atoms with Gasteiger partial charge in [-0.05, 0) is 36.8 Å². The van der Waals surface area contributed by atoms with E-state index in [1.807, 2.05) is 37.4 Å². The van der Waals surface area contributed by atoms with Crippen LogP contribution in [-0.4, -0.2) is 46.4 Å². The summed E-state index contributed by atoms with van der Waals surface area (Å²) < 4.78 is 0. The lowest BCUT2D eigenvalue weighted by molar-refractivity contribution is -0.137. The Morgan fingerprint density at radius 3 is 2.93 bits per heavy atom. The molecule has 2 atom stereocenters. The number of carbonyl (C=O) groups is 3. The first-order valence-corrected chi connectivity index (χ1v) is 9.97. The molecule has 1 saturated heterocycles. The van der Waals surface area contributed by atoms with Gasteiger partial charge in [-0.2, -0.15) is 0 Å². The molecule has 2 fully saturated rings. The van der Waals surface area contributed by atoms with Crippen molar-refractivity contribution >= 4 is 28.7 Å². The molecule has 2 heterocycles. The van der Waals surface area contributed by atoms with Crippen LogP contribution in [-0.2, 0) is 16.0 Å². The van der Waals surface area contributed by atoms with E-state index in [-0.39, 0.29) is 24.3 Å². The van der Waals surface area contributed by atoms with Crippen LogP contribution < -0.4 is 10.6 Å². The van der Waals surface area contributed by atoms with Gasteiger partial charge in [0.1, 0.15) is 12.1 Å². The van der Waals surface area contributed by atoms with Crippen LogP contribution in [0.3, 0.4) is 0 Å². The summed E-state index contributed by atoms with van der Waals surface area (Å²) in [6.45, 7) is 2.22. The van der Waals surface area contributed by atoms with Crippen molar-refractivity contribution in [2.75, 3.05) is 13.1 Å². The molecule has 148 valence electrons. The average molecular weight is 382 g/mol. The number of aromatic nitrogens is 1. The van der Waals surface area contributed by atoms with E-state index in [1.165, 1.54) is 0 Å². The van der Waals surface area contributed by atoms with E-state index in [4.69, 9.17) is 0 Å². The molecular weight excluding hydrogens is 356 g/mol. The Balaban J connectivity index is 1.33. The monoisotopic (exact) mass is 382 g/mol. The summed E-state index contributed by atoms with van der Waals surface area (Å²) in [5.41, 5.74) is 1.37. The Labute approximate surface area is 163 Å². The molecular formula is C21H26N4O3. The SMILES string of the molecule is C[C@@H]1CCCC[C@]12NC(=O)N(CC(=O)NCCc1c[nH]c3ccccc13)C2=O. The summed E-state index contributed by atoms with van der Waals surface area (Å²) in [5, 5.41) is 6.84. The molecule has 4 amide bonds. The normalized spacial score (nSPS) is 24.8. The van der Waals surface area contributed by atoms with E-state index < -0.39 is 11.6 Å². The first-order chi connectivity index (χ1) is 13.5. The van der Waals surface area contributed by atoms with Crippen molar-refractivity contribution in [2.45, 2.75) is 44.6 Å². The van der Waals surface area contributed by atoms with Crippen molar-refractivity contribution in [1.29, 1.82) is 0 Å². The smallest absolute Gasteiger partial charge is 0.325 e. The van der Waals surface area contributed by atoms with E-state index in [2.05, 4.69) is 15.6 Å².